The second kappa shape index (κ2) is 9.45. The third-order valence-electron chi connectivity index (χ3n) is 6.48. The molecule has 1 amide bonds. The number of benzene rings is 2. The minimum absolute atomic E-state index is 0.0176. The lowest BCUT2D eigenvalue weighted by Crippen LogP contribution is -2.41. The molecule has 2 aliphatic rings. The van der Waals surface area contributed by atoms with E-state index in [1.54, 1.807) is 19.1 Å². The van der Waals surface area contributed by atoms with Crippen LogP contribution in [0.15, 0.2) is 53.7 Å². The third kappa shape index (κ3) is 6.06. The zero-order chi connectivity index (χ0) is 23.5. The van der Waals surface area contributed by atoms with Crippen molar-refractivity contribution in [1.29, 1.82) is 0 Å². The van der Waals surface area contributed by atoms with Gasteiger partial charge in [0.2, 0.25) is 0 Å². The highest BCUT2D eigenvalue weighted by Crippen LogP contribution is 2.53. The summed E-state index contributed by atoms with van der Waals surface area (Å²) in [5.41, 5.74) is 1.86. The van der Waals surface area contributed by atoms with Crippen molar-refractivity contribution < 1.29 is 27.5 Å². The van der Waals surface area contributed by atoms with Crippen LogP contribution in [-0.2, 0) is 22.4 Å². The van der Waals surface area contributed by atoms with Crippen LogP contribution < -0.4 is 4.74 Å². The van der Waals surface area contributed by atoms with Crippen LogP contribution in [-0.4, -0.2) is 36.2 Å². The molecular weight excluding hydrogens is 433 g/mol. The predicted octanol–water partition coefficient (Wildman–Crippen LogP) is 5.43. The highest BCUT2D eigenvalue weighted by Gasteiger charge is 2.45. The number of likely N-dealkylation sites (tertiary alicyclic amines) is 1. The monoisotopic (exact) mass is 460 g/mol. The number of halogens is 3. The van der Waals surface area contributed by atoms with Crippen LogP contribution in [0.3, 0.4) is 0 Å². The number of hydrogen-bond acceptors (Lipinski definition) is 4. The van der Waals surface area contributed by atoms with Gasteiger partial charge in [-0.05, 0) is 85.5 Å². The Bertz CT molecular complexity index is 987. The summed E-state index contributed by atoms with van der Waals surface area (Å²) in [6, 6.07) is 12.0. The molecule has 0 atom stereocenters. The average Bonchev–Trinajstić information content (AvgIpc) is 3.56. The molecule has 1 saturated carbocycles. The Balaban J connectivity index is 1.22. The van der Waals surface area contributed by atoms with Crippen LogP contribution in [0.4, 0.5) is 13.2 Å². The van der Waals surface area contributed by atoms with Gasteiger partial charge in [0, 0.05) is 13.1 Å². The summed E-state index contributed by atoms with van der Waals surface area (Å²) >= 11 is 0. The zero-order valence-corrected chi connectivity index (χ0v) is 18.5. The first-order valence-electron chi connectivity index (χ1n) is 11.1. The molecule has 0 aromatic heterocycles. The number of carbonyl (C=O) groups is 1. The highest BCUT2D eigenvalue weighted by atomic mass is 19.4. The Kier molecular flexibility index (Phi) is 6.63. The van der Waals surface area contributed by atoms with E-state index < -0.39 is 11.7 Å². The summed E-state index contributed by atoms with van der Waals surface area (Å²) in [4.78, 5) is 19.6. The third-order valence-corrected chi connectivity index (χ3v) is 6.48. The predicted molar refractivity (Wildman–Crippen MR) is 118 cm³/mol. The molecule has 33 heavy (non-hydrogen) atoms. The van der Waals surface area contributed by atoms with Crippen molar-refractivity contribution in [1.82, 2.24) is 4.90 Å². The van der Waals surface area contributed by atoms with Gasteiger partial charge < -0.3 is 14.5 Å². The molecule has 5 nitrogen and oxygen atoms in total. The Morgan fingerprint density at radius 2 is 1.64 bits per heavy atom. The number of hydrogen-bond donors (Lipinski definition) is 0. The van der Waals surface area contributed by atoms with E-state index in [-0.39, 0.29) is 19.1 Å². The standard InChI is InChI=1S/C25H27F3N2O3/c1-18(29-33-16-19-2-6-21(7-3-19)25(26,27)28)20-4-8-22(9-5-20)32-17-23(31)30-14-12-24(10-11-24)13-15-30/h2-9H,10-17H2,1H3/b29-18+. The van der Waals surface area contributed by atoms with Crippen LogP contribution in [0.5, 0.6) is 5.75 Å². The van der Waals surface area contributed by atoms with Gasteiger partial charge in [0.1, 0.15) is 12.4 Å². The number of ether oxygens (including phenoxy) is 1. The van der Waals surface area contributed by atoms with Gasteiger partial charge in [-0.15, -0.1) is 0 Å². The van der Waals surface area contributed by atoms with Gasteiger partial charge in [0.25, 0.3) is 5.91 Å². The number of nitrogens with zero attached hydrogens (tertiary/aromatic N) is 2. The normalized spacial score (nSPS) is 17.7. The molecule has 8 heteroatoms. The van der Waals surface area contributed by atoms with E-state index in [1.165, 1.54) is 25.0 Å². The summed E-state index contributed by atoms with van der Waals surface area (Å²) in [5, 5.41) is 4.04. The molecule has 0 radical (unpaired) electrons. The Morgan fingerprint density at radius 3 is 2.21 bits per heavy atom. The van der Waals surface area contributed by atoms with Gasteiger partial charge in [0.05, 0.1) is 11.3 Å². The van der Waals surface area contributed by atoms with Crippen LogP contribution in [0, 0.1) is 5.41 Å². The van der Waals surface area contributed by atoms with Gasteiger partial charge >= 0.3 is 6.18 Å². The molecule has 2 aromatic rings. The molecule has 0 N–H and O–H groups in total. The maximum Gasteiger partial charge on any atom is 0.416 e. The number of amides is 1. The largest absolute Gasteiger partial charge is 0.484 e. The van der Waals surface area contributed by atoms with Crippen LogP contribution >= 0.6 is 0 Å². The van der Waals surface area contributed by atoms with Gasteiger partial charge in [-0.25, -0.2) is 0 Å². The topological polar surface area (TPSA) is 51.1 Å². The summed E-state index contributed by atoms with van der Waals surface area (Å²) in [5.74, 6) is 0.616. The van der Waals surface area contributed by atoms with Crippen molar-refractivity contribution in [2.24, 2.45) is 10.6 Å². The van der Waals surface area contributed by atoms with E-state index in [0.717, 1.165) is 43.6 Å². The summed E-state index contributed by atoms with van der Waals surface area (Å²) in [7, 11) is 0. The molecule has 1 aliphatic carbocycles. The van der Waals surface area contributed by atoms with Crippen molar-refractivity contribution in [3.05, 3.63) is 65.2 Å². The summed E-state index contributed by atoms with van der Waals surface area (Å²) < 4.78 is 43.5. The number of oxime groups is 1. The van der Waals surface area contributed by atoms with E-state index in [2.05, 4.69) is 5.16 Å². The molecule has 2 aromatic carbocycles. The fraction of sp³-hybridized carbons (Fsp3) is 0.440. The van der Waals surface area contributed by atoms with Gasteiger partial charge in [0.15, 0.2) is 6.61 Å². The van der Waals surface area contributed by atoms with Crippen molar-refractivity contribution in [2.45, 2.75) is 45.4 Å². The first-order chi connectivity index (χ1) is 15.7. The molecule has 1 saturated heterocycles. The van der Waals surface area contributed by atoms with Gasteiger partial charge in [-0.2, -0.15) is 13.2 Å². The van der Waals surface area contributed by atoms with E-state index in [1.807, 2.05) is 17.0 Å². The Labute approximate surface area is 191 Å². The van der Waals surface area contributed by atoms with Crippen molar-refractivity contribution in [2.75, 3.05) is 19.7 Å². The Hall–Kier alpha value is -3.03. The van der Waals surface area contributed by atoms with Crippen molar-refractivity contribution in [3.8, 4) is 5.75 Å². The van der Waals surface area contributed by atoms with Crippen molar-refractivity contribution in [3.63, 3.8) is 0 Å². The molecule has 1 heterocycles. The summed E-state index contributed by atoms with van der Waals surface area (Å²) in [6.45, 7) is 3.51. The quantitative estimate of drug-likeness (QED) is 0.409. The fourth-order valence-electron chi connectivity index (χ4n) is 3.98. The summed E-state index contributed by atoms with van der Waals surface area (Å²) in [6.07, 6.45) is 0.464. The van der Waals surface area contributed by atoms with Gasteiger partial charge in [-0.1, -0.05) is 17.3 Å². The van der Waals surface area contributed by atoms with Crippen molar-refractivity contribution >= 4 is 11.6 Å². The molecule has 1 spiro atoms. The molecule has 0 unspecified atom stereocenters. The lowest BCUT2D eigenvalue weighted by atomic mass is 9.94. The lowest BCUT2D eigenvalue weighted by Gasteiger charge is -2.32. The minimum atomic E-state index is -4.36. The van der Waals surface area contributed by atoms with Crippen LogP contribution in [0.25, 0.3) is 0 Å². The molecule has 4 rings (SSSR count). The van der Waals surface area contributed by atoms with Crippen LogP contribution in [0.2, 0.25) is 0 Å². The zero-order valence-electron chi connectivity index (χ0n) is 18.5. The smallest absolute Gasteiger partial charge is 0.416 e. The number of alkyl halides is 3. The number of piperidine rings is 1. The first kappa shape index (κ1) is 23.1. The minimum Gasteiger partial charge on any atom is -0.484 e. The van der Waals surface area contributed by atoms with Gasteiger partial charge in [-0.3, -0.25) is 4.79 Å². The van der Waals surface area contributed by atoms with E-state index in [9.17, 15) is 18.0 Å². The fourth-order valence-corrected chi connectivity index (χ4v) is 3.98. The molecule has 2 fully saturated rings. The SMILES string of the molecule is C/C(=N\OCc1ccc(C(F)(F)F)cc1)c1ccc(OCC(=O)N2CCC3(CC2)CC3)cc1. The highest BCUT2D eigenvalue weighted by molar-refractivity contribution is 5.98. The second-order valence-electron chi connectivity index (χ2n) is 8.84. The van der Waals surface area contributed by atoms with E-state index >= 15 is 0 Å². The maximum absolute atomic E-state index is 12.6. The molecular formula is C25H27F3N2O3. The molecule has 176 valence electrons. The molecule has 1 aliphatic heterocycles. The Morgan fingerprint density at radius 1 is 1.00 bits per heavy atom. The number of carbonyl (C=O) groups excluding carboxylic acids is 1. The average molecular weight is 460 g/mol. The van der Waals surface area contributed by atoms with E-state index in [0.29, 0.717) is 22.4 Å². The van der Waals surface area contributed by atoms with Crippen LogP contribution in [0.1, 0.15) is 49.3 Å². The molecule has 0 bridgehead atoms. The van der Waals surface area contributed by atoms with E-state index in [4.69, 9.17) is 9.57 Å². The first-order valence-corrected chi connectivity index (χ1v) is 11.1. The number of rotatable bonds is 7. The maximum atomic E-state index is 12.6. The lowest BCUT2D eigenvalue weighted by molar-refractivity contribution is -0.137. The second-order valence-corrected chi connectivity index (χ2v) is 8.84.